The molecule has 0 radical (unpaired) electrons. The van der Waals surface area contributed by atoms with Gasteiger partial charge < -0.3 is 4.74 Å². The van der Waals surface area contributed by atoms with Crippen molar-refractivity contribution < 1.29 is 4.74 Å². The highest BCUT2D eigenvalue weighted by Gasteiger charge is 2.17. The maximum Gasteiger partial charge on any atom is 0.0706 e. The molecule has 86 valence electrons. The van der Waals surface area contributed by atoms with Crippen LogP contribution in [0.4, 0.5) is 0 Å². The first-order valence-electron chi connectivity index (χ1n) is 4.92. The van der Waals surface area contributed by atoms with Crippen molar-refractivity contribution in [1.29, 1.82) is 0 Å². The van der Waals surface area contributed by atoms with E-state index in [1.165, 1.54) is 0 Å². The maximum absolute atomic E-state index is 5.52. The van der Waals surface area contributed by atoms with Crippen LogP contribution in [-0.4, -0.2) is 23.0 Å². The number of nitrogens with one attached hydrogen (secondary N) is 1. The fourth-order valence-electron chi connectivity index (χ4n) is 1.46. The lowest BCUT2D eigenvalue weighted by atomic mass is 10.1. The van der Waals surface area contributed by atoms with Crippen LogP contribution in [0.25, 0.3) is 0 Å². The van der Waals surface area contributed by atoms with E-state index in [0.29, 0.717) is 6.61 Å². The van der Waals surface area contributed by atoms with Gasteiger partial charge in [0.1, 0.15) is 0 Å². The van der Waals surface area contributed by atoms with Crippen molar-refractivity contribution in [2.75, 3.05) is 13.2 Å². The molecule has 15 heavy (non-hydrogen) atoms. The van der Waals surface area contributed by atoms with E-state index >= 15 is 0 Å². The highest BCUT2D eigenvalue weighted by molar-refractivity contribution is 9.10. The Morgan fingerprint density at radius 2 is 2.47 bits per heavy atom. The van der Waals surface area contributed by atoms with Crippen LogP contribution in [0, 0.1) is 0 Å². The van der Waals surface area contributed by atoms with Gasteiger partial charge in [-0.2, -0.15) is 5.10 Å². The van der Waals surface area contributed by atoms with Crippen LogP contribution in [0.1, 0.15) is 25.1 Å². The summed E-state index contributed by atoms with van der Waals surface area (Å²) < 4.78 is 8.07. The van der Waals surface area contributed by atoms with E-state index in [1.54, 1.807) is 10.9 Å². The zero-order chi connectivity index (χ0) is 11.3. The molecule has 3 N–H and O–H groups in total. The van der Waals surface area contributed by atoms with Crippen LogP contribution in [0.15, 0.2) is 10.7 Å². The highest BCUT2D eigenvalue weighted by Crippen LogP contribution is 2.24. The molecule has 1 rings (SSSR count). The van der Waals surface area contributed by atoms with Crippen LogP contribution in [0.3, 0.4) is 0 Å². The maximum atomic E-state index is 5.52. The van der Waals surface area contributed by atoms with Gasteiger partial charge in [0.05, 0.1) is 22.4 Å². The summed E-state index contributed by atoms with van der Waals surface area (Å²) in [5, 5.41) is 4.15. The minimum absolute atomic E-state index is 0.0541. The topological polar surface area (TPSA) is 65.1 Å². The number of nitrogens with two attached hydrogens (primary N) is 1. The van der Waals surface area contributed by atoms with Crippen molar-refractivity contribution in [3.05, 3.63) is 16.4 Å². The third-order valence-corrected chi connectivity index (χ3v) is 2.83. The molecule has 1 heterocycles. The molecule has 5 nitrogen and oxygen atoms in total. The molecule has 0 aliphatic heterocycles. The first-order valence-corrected chi connectivity index (χ1v) is 5.71. The highest BCUT2D eigenvalue weighted by atomic mass is 79.9. The Balaban J connectivity index is 2.65. The van der Waals surface area contributed by atoms with Gasteiger partial charge in [0, 0.05) is 20.3 Å². The smallest absolute Gasteiger partial charge is 0.0706 e. The second kappa shape index (κ2) is 6.22. The number of aromatic nitrogens is 2. The number of hydrogen-bond acceptors (Lipinski definition) is 4. The molecule has 0 aromatic carbocycles. The van der Waals surface area contributed by atoms with E-state index < -0.39 is 0 Å². The Kier molecular flexibility index (Phi) is 5.24. The molecule has 0 fully saturated rings. The number of halogens is 1. The van der Waals surface area contributed by atoms with Gasteiger partial charge in [-0.05, 0) is 29.3 Å². The molecule has 0 spiro atoms. The van der Waals surface area contributed by atoms with Gasteiger partial charge in [-0.15, -0.1) is 0 Å². The average Bonchev–Trinajstić information content (AvgIpc) is 2.55. The number of ether oxygens (including phenoxy) is 1. The van der Waals surface area contributed by atoms with Crippen molar-refractivity contribution >= 4 is 15.9 Å². The predicted octanol–water partition coefficient (Wildman–Crippen LogP) is 1.11. The van der Waals surface area contributed by atoms with Crippen molar-refractivity contribution in [2.45, 2.75) is 19.4 Å². The molecule has 1 aromatic heterocycles. The Morgan fingerprint density at radius 3 is 2.93 bits per heavy atom. The summed E-state index contributed by atoms with van der Waals surface area (Å²) in [5.74, 6) is 5.52. The second-order valence-corrected chi connectivity index (χ2v) is 4.06. The van der Waals surface area contributed by atoms with Crippen molar-refractivity contribution in [1.82, 2.24) is 15.2 Å². The monoisotopic (exact) mass is 276 g/mol. The Bertz CT molecular complexity index is 283. The van der Waals surface area contributed by atoms with E-state index in [4.69, 9.17) is 10.6 Å². The Hall–Kier alpha value is -0.430. The molecule has 6 heteroatoms. The molecule has 1 unspecified atom stereocenters. The zero-order valence-corrected chi connectivity index (χ0v) is 10.6. The summed E-state index contributed by atoms with van der Waals surface area (Å²) in [7, 11) is 1.89. The number of rotatable bonds is 6. The van der Waals surface area contributed by atoms with Gasteiger partial charge >= 0.3 is 0 Å². The third kappa shape index (κ3) is 3.27. The molecular weight excluding hydrogens is 260 g/mol. The lowest BCUT2D eigenvalue weighted by Crippen LogP contribution is -2.30. The van der Waals surface area contributed by atoms with Crippen molar-refractivity contribution in [2.24, 2.45) is 12.9 Å². The molecule has 0 amide bonds. The summed E-state index contributed by atoms with van der Waals surface area (Å²) in [6.07, 6.45) is 2.59. The normalized spacial score (nSPS) is 13.1. The minimum atomic E-state index is 0.0541. The summed E-state index contributed by atoms with van der Waals surface area (Å²) in [4.78, 5) is 0. The first kappa shape index (κ1) is 12.6. The molecule has 1 atom stereocenters. The van der Waals surface area contributed by atoms with Gasteiger partial charge in [-0.25, -0.2) is 0 Å². The molecule has 0 aliphatic rings. The molecular formula is C9H17BrN4O. The van der Waals surface area contributed by atoms with E-state index in [2.05, 4.69) is 26.5 Å². The minimum Gasteiger partial charge on any atom is -0.382 e. The standard InChI is InChI=1S/C9H17BrN4O/c1-3-15-5-4-8(13-11)9-7(10)6-12-14(9)2/h6,8,13H,3-5,11H2,1-2H3. The van der Waals surface area contributed by atoms with Gasteiger partial charge in [-0.3, -0.25) is 16.0 Å². The molecule has 0 bridgehead atoms. The summed E-state index contributed by atoms with van der Waals surface area (Å²) in [6.45, 7) is 3.39. The molecule has 0 saturated carbocycles. The van der Waals surface area contributed by atoms with E-state index in [-0.39, 0.29) is 6.04 Å². The van der Waals surface area contributed by atoms with Gasteiger partial charge in [0.25, 0.3) is 0 Å². The van der Waals surface area contributed by atoms with Crippen LogP contribution < -0.4 is 11.3 Å². The van der Waals surface area contributed by atoms with E-state index in [1.807, 2.05) is 14.0 Å². The van der Waals surface area contributed by atoms with Gasteiger partial charge in [0.2, 0.25) is 0 Å². The fourth-order valence-corrected chi connectivity index (χ4v) is 2.08. The van der Waals surface area contributed by atoms with Crippen molar-refractivity contribution in [3.8, 4) is 0 Å². The second-order valence-electron chi connectivity index (χ2n) is 3.21. The molecule has 1 aromatic rings. The average molecular weight is 277 g/mol. The fraction of sp³-hybridized carbons (Fsp3) is 0.667. The van der Waals surface area contributed by atoms with Crippen molar-refractivity contribution in [3.63, 3.8) is 0 Å². The zero-order valence-electron chi connectivity index (χ0n) is 9.03. The first-order chi connectivity index (χ1) is 7.20. The number of hydrogen-bond donors (Lipinski definition) is 2. The predicted molar refractivity (Wildman–Crippen MR) is 62.1 cm³/mol. The number of nitrogens with zero attached hydrogens (tertiary/aromatic N) is 2. The van der Waals surface area contributed by atoms with Crippen LogP contribution in [-0.2, 0) is 11.8 Å². The Labute approximate surface area is 98.1 Å². The quantitative estimate of drug-likeness (QED) is 0.464. The lowest BCUT2D eigenvalue weighted by Gasteiger charge is -2.16. The third-order valence-electron chi connectivity index (χ3n) is 2.22. The number of aryl methyl sites for hydroxylation is 1. The SMILES string of the molecule is CCOCCC(NN)c1c(Br)cnn1C. The van der Waals surface area contributed by atoms with E-state index in [0.717, 1.165) is 23.2 Å². The van der Waals surface area contributed by atoms with E-state index in [9.17, 15) is 0 Å². The number of hydrazine groups is 1. The Morgan fingerprint density at radius 1 is 1.73 bits per heavy atom. The molecule has 0 saturated heterocycles. The summed E-state index contributed by atoms with van der Waals surface area (Å²) >= 11 is 3.45. The van der Waals surface area contributed by atoms with Gasteiger partial charge in [0.15, 0.2) is 0 Å². The van der Waals surface area contributed by atoms with Crippen LogP contribution in [0.2, 0.25) is 0 Å². The van der Waals surface area contributed by atoms with Crippen LogP contribution >= 0.6 is 15.9 Å². The van der Waals surface area contributed by atoms with Gasteiger partial charge in [-0.1, -0.05) is 0 Å². The van der Waals surface area contributed by atoms with Crippen LogP contribution in [0.5, 0.6) is 0 Å². The summed E-state index contributed by atoms with van der Waals surface area (Å²) in [5.41, 5.74) is 3.81. The lowest BCUT2D eigenvalue weighted by molar-refractivity contribution is 0.135. The molecule has 0 aliphatic carbocycles. The summed E-state index contributed by atoms with van der Waals surface area (Å²) in [6, 6.07) is 0.0541. The largest absolute Gasteiger partial charge is 0.382 e.